The van der Waals surface area contributed by atoms with Crippen molar-refractivity contribution >= 4 is 26.0 Å². The molecule has 2 rings (SSSR count). The number of hydrogen-bond donors (Lipinski definition) is 0. The van der Waals surface area contributed by atoms with Crippen molar-refractivity contribution in [1.82, 2.24) is 4.31 Å². The van der Waals surface area contributed by atoms with Crippen LogP contribution >= 0.6 is 15.9 Å². The highest BCUT2D eigenvalue weighted by atomic mass is 79.9. The number of hydrogen-bond acceptors (Lipinski definition) is 3. The highest BCUT2D eigenvalue weighted by Gasteiger charge is 2.26. The molecule has 0 aliphatic carbocycles. The molecule has 2 aromatic rings. The molecule has 0 saturated heterocycles. The first-order valence-electron chi connectivity index (χ1n) is 6.49. The highest BCUT2D eigenvalue weighted by Crippen LogP contribution is 2.27. The number of ether oxygens (including phenoxy) is 1. The van der Waals surface area contributed by atoms with E-state index in [0.29, 0.717) is 17.4 Å². The molecule has 0 aliphatic rings. The van der Waals surface area contributed by atoms with Gasteiger partial charge in [0.1, 0.15) is 22.3 Å². The Bertz CT molecular complexity index is 827. The second kappa shape index (κ2) is 6.94. The van der Waals surface area contributed by atoms with Crippen LogP contribution in [0.5, 0.6) is 5.75 Å². The van der Waals surface area contributed by atoms with Gasteiger partial charge in [-0.25, -0.2) is 17.2 Å². The Morgan fingerprint density at radius 2 is 1.87 bits per heavy atom. The molecule has 0 saturated carbocycles. The summed E-state index contributed by atoms with van der Waals surface area (Å²) < 4.78 is 58.8. The molecule has 0 heterocycles. The first-order valence-corrected chi connectivity index (χ1v) is 8.73. The van der Waals surface area contributed by atoms with Crippen LogP contribution in [0.2, 0.25) is 0 Å². The molecule has 0 unspecified atom stereocenters. The standard InChI is InChI=1S/C15H14BrF2NO3S/c1-19(9-10-7-11(16)3-6-14(10)22-2)23(20,21)15-8-12(17)4-5-13(15)18/h3-8H,9H2,1-2H3. The molecular formula is C15H14BrF2NO3S. The fourth-order valence-electron chi connectivity index (χ4n) is 2.04. The Kier molecular flexibility index (Phi) is 5.38. The van der Waals surface area contributed by atoms with Crippen LogP contribution in [0.25, 0.3) is 0 Å². The summed E-state index contributed by atoms with van der Waals surface area (Å²) in [4.78, 5) is -0.700. The van der Waals surface area contributed by atoms with Gasteiger partial charge in [0.05, 0.1) is 7.11 Å². The van der Waals surface area contributed by atoms with Crippen molar-refractivity contribution in [2.75, 3.05) is 14.2 Å². The summed E-state index contributed by atoms with van der Waals surface area (Å²) in [6, 6.07) is 7.46. The van der Waals surface area contributed by atoms with Gasteiger partial charge in [0, 0.05) is 23.6 Å². The van der Waals surface area contributed by atoms with Gasteiger partial charge in [0.25, 0.3) is 0 Å². The summed E-state index contributed by atoms with van der Waals surface area (Å²) in [6.45, 7) is -0.0547. The van der Waals surface area contributed by atoms with Gasteiger partial charge >= 0.3 is 0 Å². The number of sulfonamides is 1. The van der Waals surface area contributed by atoms with Crippen LogP contribution in [-0.2, 0) is 16.6 Å². The molecule has 23 heavy (non-hydrogen) atoms. The van der Waals surface area contributed by atoms with Gasteiger partial charge in [0.2, 0.25) is 10.0 Å². The van der Waals surface area contributed by atoms with Gasteiger partial charge in [-0.05, 0) is 36.4 Å². The quantitative estimate of drug-likeness (QED) is 0.763. The molecule has 0 atom stereocenters. The maximum Gasteiger partial charge on any atom is 0.246 e. The zero-order chi connectivity index (χ0) is 17.2. The zero-order valence-corrected chi connectivity index (χ0v) is 14.8. The summed E-state index contributed by atoms with van der Waals surface area (Å²) in [6.07, 6.45) is 0. The number of rotatable bonds is 5. The van der Waals surface area contributed by atoms with Crippen molar-refractivity contribution in [3.8, 4) is 5.75 Å². The summed E-state index contributed by atoms with van der Waals surface area (Å²) in [5.41, 5.74) is 0.588. The third kappa shape index (κ3) is 3.88. The number of halogens is 3. The van der Waals surface area contributed by atoms with Gasteiger partial charge in [-0.15, -0.1) is 0 Å². The fourth-order valence-corrected chi connectivity index (χ4v) is 3.67. The molecule has 2 aromatic carbocycles. The van der Waals surface area contributed by atoms with Crippen molar-refractivity contribution in [2.24, 2.45) is 0 Å². The second-order valence-corrected chi connectivity index (χ2v) is 7.72. The summed E-state index contributed by atoms with van der Waals surface area (Å²) >= 11 is 3.30. The SMILES string of the molecule is COc1ccc(Br)cc1CN(C)S(=O)(=O)c1cc(F)ccc1F. The van der Waals surface area contributed by atoms with E-state index in [1.807, 2.05) is 0 Å². The van der Waals surface area contributed by atoms with Gasteiger partial charge in [0.15, 0.2) is 0 Å². The van der Waals surface area contributed by atoms with Crippen LogP contribution in [-0.4, -0.2) is 26.9 Å². The number of nitrogens with zero attached hydrogens (tertiary/aromatic N) is 1. The Morgan fingerprint density at radius 1 is 1.17 bits per heavy atom. The molecule has 4 nitrogen and oxygen atoms in total. The topological polar surface area (TPSA) is 46.6 Å². The minimum absolute atomic E-state index is 0.0547. The smallest absolute Gasteiger partial charge is 0.246 e. The van der Waals surface area contributed by atoms with Gasteiger partial charge in [-0.2, -0.15) is 4.31 Å². The maximum atomic E-state index is 13.8. The van der Waals surface area contributed by atoms with E-state index in [0.717, 1.165) is 20.9 Å². The van der Waals surface area contributed by atoms with E-state index in [9.17, 15) is 17.2 Å². The van der Waals surface area contributed by atoms with Crippen LogP contribution < -0.4 is 4.74 Å². The van der Waals surface area contributed by atoms with E-state index in [1.165, 1.54) is 14.2 Å². The molecule has 0 aromatic heterocycles. The first-order chi connectivity index (χ1) is 10.8. The molecule has 0 fully saturated rings. The van der Waals surface area contributed by atoms with Crippen molar-refractivity contribution in [2.45, 2.75) is 11.4 Å². The van der Waals surface area contributed by atoms with Crippen LogP contribution in [0, 0.1) is 11.6 Å². The van der Waals surface area contributed by atoms with Crippen LogP contribution in [0.15, 0.2) is 45.8 Å². The van der Waals surface area contributed by atoms with Crippen molar-refractivity contribution in [1.29, 1.82) is 0 Å². The lowest BCUT2D eigenvalue weighted by molar-refractivity contribution is 0.397. The van der Waals surface area contributed by atoms with E-state index in [1.54, 1.807) is 18.2 Å². The maximum absolute atomic E-state index is 13.8. The first kappa shape index (κ1) is 17.8. The predicted octanol–water partition coefficient (Wildman–Crippen LogP) is 3.56. The van der Waals surface area contributed by atoms with Crippen LogP contribution in [0.3, 0.4) is 0 Å². The third-order valence-electron chi connectivity index (χ3n) is 3.22. The van der Waals surface area contributed by atoms with Gasteiger partial charge < -0.3 is 4.74 Å². The van der Waals surface area contributed by atoms with Crippen molar-refractivity contribution in [3.63, 3.8) is 0 Å². The van der Waals surface area contributed by atoms with Crippen LogP contribution in [0.1, 0.15) is 5.56 Å². The molecule has 0 bridgehead atoms. The lowest BCUT2D eigenvalue weighted by Crippen LogP contribution is -2.27. The van der Waals surface area contributed by atoms with Crippen molar-refractivity contribution in [3.05, 3.63) is 58.1 Å². The van der Waals surface area contributed by atoms with Gasteiger partial charge in [-0.3, -0.25) is 0 Å². The Hall–Kier alpha value is -1.51. The minimum atomic E-state index is -4.18. The summed E-state index contributed by atoms with van der Waals surface area (Å²) in [7, 11) is -1.42. The average molecular weight is 406 g/mol. The largest absolute Gasteiger partial charge is 0.496 e. The van der Waals surface area contributed by atoms with Crippen LogP contribution in [0.4, 0.5) is 8.78 Å². The van der Waals surface area contributed by atoms with E-state index in [-0.39, 0.29) is 6.54 Å². The summed E-state index contributed by atoms with van der Waals surface area (Å²) in [5.74, 6) is -1.33. The minimum Gasteiger partial charge on any atom is -0.496 e. The lowest BCUT2D eigenvalue weighted by Gasteiger charge is -2.19. The normalized spacial score (nSPS) is 11.7. The Labute approximate surface area is 141 Å². The Morgan fingerprint density at radius 3 is 2.52 bits per heavy atom. The molecule has 0 N–H and O–H groups in total. The second-order valence-electron chi connectivity index (χ2n) is 4.79. The lowest BCUT2D eigenvalue weighted by atomic mass is 10.2. The van der Waals surface area contributed by atoms with Crippen molar-refractivity contribution < 1.29 is 21.9 Å². The van der Waals surface area contributed by atoms with E-state index >= 15 is 0 Å². The summed E-state index contributed by atoms with van der Waals surface area (Å²) in [5, 5.41) is 0. The predicted molar refractivity (Wildman–Crippen MR) is 85.7 cm³/mol. The Balaban J connectivity index is 2.38. The molecule has 8 heteroatoms. The zero-order valence-electron chi connectivity index (χ0n) is 12.4. The highest BCUT2D eigenvalue weighted by molar-refractivity contribution is 9.10. The third-order valence-corrected chi connectivity index (χ3v) is 5.53. The van der Waals surface area contributed by atoms with Gasteiger partial charge in [-0.1, -0.05) is 15.9 Å². The van der Waals surface area contributed by atoms with E-state index in [4.69, 9.17) is 4.74 Å². The molecule has 0 amide bonds. The molecular weight excluding hydrogens is 392 g/mol. The number of methoxy groups -OCH3 is 1. The average Bonchev–Trinajstić information content (AvgIpc) is 2.49. The molecule has 0 radical (unpaired) electrons. The molecule has 124 valence electrons. The van der Waals surface area contributed by atoms with E-state index < -0.39 is 26.6 Å². The molecule has 0 spiro atoms. The monoisotopic (exact) mass is 405 g/mol. The fraction of sp³-hybridized carbons (Fsp3) is 0.200. The molecule has 0 aliphatic heterocycles. The number of benzene rings is 2. The van der Waals surface area contributed by atoms with E-state index in [2.05, 4.69) is 15.9 Å².